The van der Waals surface area contributed by atoms with Crippen LogP contribution in [-0.4, -0.2) is 30.0 Å². The number of nitrogens with zero attached hydrogens (tertiary/aromatic N) is 1. The quantitative estimate of drug-likeness (QED) is 0.453. The van der Waals surface area contributed by atoms with Crippen molar-refractivity contribution in [1.82, 2.24) is 4.90 Å². The van der Waals surface area contributed by atoms with Gasteiger partial charge < -0.3 is 10.1 Å². The highest BCUT2D eigenvalue weighted by Crippen LogP contribution is 2.23. The molecule has 1 saturated heterocycles. The predicted molar refractivity (Wildman–Crippen MR) is 135 cm³/mol. The molecule has 1 N–H and O–H groups in total. The van der Waals surface area contributed by atoms with Gasteiger partial charge in [-0.3, -0.25) is 9.69 Å². The number of ether oxygens (including phenoxy) is 1. The fourth-order valence-electron chi connectivity index (χ4n) is 4.41. The molecule has 172 valence electrons. The number of hydrogen-bond donors (Lipinski definition) is 1. The molecule has 4 rings (SSSR count). The Kier molecular flexibility index (Phi) is 7.79. The van der Waals surface area contributed by atoms with Crippen LogP contribution in [0.15, 0.2) is 78.9 Å². The molecule has 0 unspecified atom stereocenters. The van der Waals surface area contributed by atoms with Crippen molar-refractivity contribution in [1.29, 1.82) is 0 Å². The van der Waals surface area contributed by atoms with E-state index in [0.29, 0.717) is 5.56 Å². The van der Waals surface area contributed by atoms with Crippen LogP contribution in [0.3, 0.4) is 0 Å². The minimum absolute atomic E-state index is 0.0965. The summed E-state index contributed by atoms with van der Waals surface area (Å²) >= 11 is 0. The molecule has 0 atom stereocenters. The number of benzene rings is 3. The zero-order valence-corrected chi connectivity index (χ0v) is 19.7. The molecule has 4 nitrogen and oxygen atoms in total. The molecule has 0 saturated carbocycles. The molecule has 0 radical (unpaired) electrons. The Bertz CT molecular complexity index is 1010. The Hall–Kier alpha value is -3.11. The van der Waals surface area contributed by atoms with E-state index in [4.69, 9.17) is 4.74 Å². The molecular weight excluding hydrogens is 408 g/mol. The van der Waals surface area contributed by atoms with E-state index in [1.54, 1.807) is 0 Å². The predicted octanol–water partition coefficient (Wildman–Crippen LogP) is 6.18. The van der Waals surface area contributed by atoms with Gasteiger partial charge in [-0.05, 0) is 99.6 Å². The summed E-state index contributed by atoms with van der Waals surface area (Å²) in [5.74, 6) is 1.48. The van der Waals surface area contributed by atoms with Crippen LogP contribution < -0.4 is 10.1 Å². The van der Waals surface area contributed by atoms with Crippen molar-refractivity contribution in [2.75, 3.05) is 18.4 Å². The van der Waals surface area contributed by atoms with E-state index in [0.717, 1.165) is 37.0 Å². The summed E-state index contributed by atoms with van der Waals surface area (Å²) in [5, 5.41) is 2.96. The molecule has 1 aliphatic heterocycles. The average Bonchev–Trinajstić information content (AvgIpc) is 2.82. The number of piperidine rings is 1. The fraction of sp³-hybridized carbons (Fsp3) is 0.345. The Labute approximate surface area is 197 Å². The molecule has 33 heavy (non-hydrogen) atoms. The number of rotatable bonds is 8. The highest BCUT2D eigenvalue weighted by molar-refractivity contribution is 6.04. The standard InChI is InChI=1S/C29H34N2O2/c1-22(2)33-28-14-12-27(13-15-28)30-29(32)26-10-8-25(9-11-26)21-31-18-16-24(17-19-31)20-23-6-4-3-5-7-23/h3-15,22,24H,16-21H2,1-2H3,(H,30,32). The van der Waals surface area contributed by atoms with E-state index in [2.05, 4.69) is 52.7 Å². The molecule has 0 bridgehead atoms. The van der Waals surface area contributed by atoms with Crippen molar-refractivity contribution in [2.24, 2.45) is 5.92 Å². The van der Waals surface area contributed by atoms with Gasteiger partial charge in [-0.25, -0.2) is 0 Å². The minimum atomic E-state index is -0.0965. The topological polar surface area (TPSA) is 41.6 Å². The Morgan fingerprint density at radius 1 is 0.909 bits per heavy atom. The maximum absolute atomic E-state index is 12.6. The van der Waals surface area contributed by atoms with Crippen molar-refractivity contribution in [3.63, 3.8) is 0 Å². The lowest BCUT2D eigenvalue weighted by Crippen LogP contribution is -2.33. The second-order valence-electron chi connectivity index (χ2n) is 9.25. The lowest BCUT2D eigenvalue weighted by atomic mass is 9.90. The summed E-state index contributed by atoms with van der Waals surface area (Å²) in [6.07, 6.45) is 3.81. The van der Waals surface area contributed by atoms with Crippen LogP contribution in [0, 0.1) is 5.92 Å². The second-order valence-corrected chi connectivity index (χ2v) is 9.25. The fourth-order valence-corrected chi connectivity index (χ4v) is 4.41. The van der Waals surface area contributed by atoms with E-state index >= 15 is 0 Å². The Balaban J connectivity index is 1.24. The third-order valence-corrected chi connectivity index (χ3v) is 6.18. The van der Waals surface area contributed by atoms with E-state index < -0.39 is 0 Å². The second kappa shape index (κ2) is 11.2. The molecule has 0 spiro atoms. The molecule has 1 fully saturated rings. The van der Waals surface area contributed by atoms with Crippen LogP contribution >= 0.6 is 0 Å². The third-order valence-electron chi connectivity index (χ3n) is 6.18. The summed E-state index contributed by atoms with van der Waals surface area (Å²) < 4.78 is 5.65. The van der Waals surface area contributed by atoms with Crippen molar-refractivity contribution in [3.05, 3.63) is 95.6 Å². The van der Waals surface area contributed by atoms with Gasteiger partial charge in [0.1, 0.15) is 5.75 Å². The maximum atomic E-state index is 12.6. The molecule has 0 aromatic heterocycles. The Morgan fingerprint density at radius 3 is 2.21 bits per heavy atom. The van der Waals surface area contributed by atoms with Gasteiger partial charge in [0.25, 0.3) is 5.91 Å². The van der Waals surface area contributed by atoms with Crippen LogP contribution in [0.2, 0.25) is 0 Å². The average molecular weight is 443 g/mol. The van der Waals surface area contributed by atoms with E-state index in [1.807, 2.05) is 50.2 Å². The number of nitrogens with one attached hydrogen (secondary N) is 1. The van der Waals surface area contributed by atoms with Crippen LogP contribution in [0.5, 0.6) is 5.75 Å². The molecule has 4 heteroatoms. The van der Waals surface area contributed by atoms with Crippen LogP contribution in [-0.2, 0) is 13.0 Å². The van der Waals surface area contributed by atoms with Crippen molar-refractivity contribution in [2.45, 2.75) is 45.8 Å². The van der Waals surface area contributed by atoms with Gasteiger partial charge in [-0.2, -0.15) is 0 Å². The number of likely N-dealkylation sites (tertiary alicyclic amines) is 1. The lowest BCUT2D eigenvalue weighted by molar-refractivity contribution is 0.102. The van der Waals surface area contributed by atoms with Gasteiger partial charge in [0, 0.05) is 17.8 Å². The van der Waals surface area contributed by atoms with E-state index in [1.165, 1.54) is 30.4 Å². The SMILES string of the molecule is CC(C)Oc1ccc(NC(=O)c2ccc(CN3CCC(Cc4ccccc4)CC3)cc2)cc1. The van der Waals surface area contributed by atoms with E-state index in [-0.39, 0.29) is 12.0 Å². The number of carbonyl (C=O) groups excluding carboxylic acids is 1. The first-order chi connectivity index (χ1) is 16.0. The third kappa shape index (κ3) is 6.93. The van der Waals surface area contributed by atoms with Gasteiger partial charge in [0.15, 0.2) is 0 Å². The van der Waals surface area contributed by atoms with Crippen LogP contribution in [0.4, 0.5) is 5.69 Å². The minimum Gasteiger partial charge on any atom is -0.491 e. The molecule has 0 aliphatic carbocycles. The molecule has 1 aliphatic rings. The summed E-state index contributed by atoms with van der Waals surface area (Å²) in [7, 11) is 0. The van der Waals surface area contributed by atoms with Crippen LogP contribution in [0.25, 0.3) is 0 Å². The largest absolute Gasteiger partial charge is 0.491 e. The van der Waals surface area contributed by atoms with E-state index in [9.17, 15) is 4.79 Å². The van der Waals surface area contributed by atoms with Crippen molar-refractivity contribution in [3.8, 4) is 5.75 Å². The van der Waals surface area contributed by atoms with Crippen molar-refractivity contribution < 1.29 is 9.53 Å². The van der Waals surface area contributed by atoms with Gasteiger partial charge in [-0.15, -0.1) is 0 Å². The number of hydrogen-bond acceptors (Lipinski definition) is 3. The Morgan fingerprint density at radius 2 is 1.58 bits per heavy atom. The molecule has 3 aromatic rings. The number of anilines is 1. The first-order valence-electron chi connectivity index (χ1n) is 12.0. The molecule has 1 heterocycles. The number of carbonyl (C=O) groups is 1. The number of amides is 1. The zero-order chi connectivity index (χ0) is 23.0. The van der Waals surface area contributed by atoms with Gasteiger partial charge in [0.05, 0.1) is 6.10 Å². The highest BCUT2D eigenvalue weighted by atomic mass is 16.5. The molecule has 1 amide bonds. The summed E-state index contributed by atoms with van der Waals surface area (Å²) in [5.41, 5.74) is 4.13. The molecule has 3 aromatic carbocycles. The summed E-state index contributed by atoms with van der Waals surface area (Å²) in [4.78, 5) is 15.1. The zero-order valence-electron chi connectivity index (χ0n) is 19.7. The first-order valence-corrected chi connectivity index (χ1v) is 12.0. The lowest BCUT2D eigenvalue weighted by Gasteiger charge is -2.32. The summed E-state index contributed by atoms with van der Waals surface area (Å²) in [6, 6.07) is 26.3. The molecular formula is C29H34N2O2. The maximum Gasteiger partial charge on any atom is 0.255 e. The van der Waals surface area contributed by atoms with Crippen molar-refractivity contribution >= 4 is 11.6 Å². The highest BCUT2D eigenvalue weighted by Gasteiger charge is 2.19. The monoisotopic (exact) mass is 442 g/mol. The van der Waals surface area contributed by atoms with Gasteiger partial charge in [0.2, 0.25) is 0 Å². The summed E-state index contributed by atoms with van der Waals surface area (Å²) in [6.45, 7) is 7.20. The first kappa shape index (κ1) is 23.1. The van der Waals surface area contributed by atoms with Crippen LogP contribution in [0.1, 0.15) is 48.2 Å². The smallest absolute Gasteiger partial charge is 0.255 e. The normalized spacial score (nSPS) is 14.9. The van der Waals surface area contributed by atoms with Gasteiger partial charge >= 0.3 is 0 Å². The van der Waals surface area contributed by atoms with Gasteiger partial charge in [-0.1, -0.05) is 42.5 Å².